The summed E-state index contributed by atoms with van der Waals surface area (Å²) in [5.74, 6) is 0.912. The summed E-state index contributed by atoms with van der Waals surface area (Å²) in [6.07, 6.45) is 5.68. The second-order valence-corrected chi connectivity index (χ2v) is 4.91. The summed E-state index contributed by atoms with van der Waals surface area (Å²) < 4.78 is 10.7. The van der Waals surface area contributed by atoms with Crippen molar-refractivity contribution < 1.29 is 14.3 Å². The van der Waals surface area contributed by atoms with Gasteiger partial charge in [-0.3, -0.25) is 9.78 Å². The topological polar surface area (TPSA) is 48.4 Å². The van der Waals surface area contributed by atoms with Crippen molar-refractivity contribution in [1.82, 2.24) is 4.98 Å². The summed E-state index contributed by atoms with van der Waals surface area (Å²) in [6, 6.07) is 3.98. The average molecular weight is 247 g/mol. The molecule has 1 aromatic heterocycles. The fraction of sp³-hybridized carbons (Fsp3) is 0.571. The first-order chi connectivity index (χ1) is 8.84. The molecular weight excluding hydrogens is 230 g/mol. The van der Waals surface area contributed by atoms with E-state index in [1.165, 1.54) is 5.56 Å². The summed E-state index contributed by atoms with van der Waals surface area (Å²) >= 11 is 0. The Kier molecular flexibility index (Phi) is 3.39. The summed E-state index contributed by atoms with van der Waals surface area (Å²) in [5.41, 5.74) is 1.18. The van der Waals surface area contributed by atoms with E-state index in [4.69, 9.17) is 9.47 Å². The van der Waals surface area contributed by atoms with Crippen LogP contribution in [-0.4, -0.2) is 30.3 Å². The first-order valence-electron chi connectivity index (χ1n) is 6.50. The zero-order valence-corrected chi connectivity index (χ0v) is 10.2. The third-order valence-corrected chi connectivity index (χ3v) is 3.63. The van der Waals surface area contributed by atoms with Crippen LogP contribution >= 0.6 is 0 Å². The minimum Gasteiger partial charge on any atom is -0.350 e. The maximum absolute atomic E-state index is 12.0. The van der Waals surface area contributed by atoms with Crippen LogP contribution in [0.1, 0.15) is 30.7 Å². The molecule has 1 saturated carbocycles. The molecule has 0 aromatic carbocycles. The fourth-order valence-electron chi connectivity index (χ4n) is 2.53. The zero-order valence-electron chi connectivity index (χ0n) is 10.2. The summed E-state index contributed by atoms with van der Waals surface area (Å²) in [7, 11) is 0. The van der Waals surface area contributed by atoms with Gasteiger partial charge in [0.15, 0.2) is 6.29 Å². The van der Waals surface area contributed by atoms with Gasteiger partial charge in [-0.15, -0.1) is 0 Å². The Morgan fingerprint density at radius 1 is 1.39 bits per heavy atom. The summed E-state index contributed by atoms with van der Waals surface area (Å²) in [5, 5.41) is 0. The Morgan fingerprint density at radius 3 is 2.94 bits per heavy atom. The molecule has 96 valence electrons. The predicted octanol–water partition coefficient (Wildman–Crippen LogP) is 1.91. The number of nitrogens with zero attached hydrogens (tertiary/aromatic N) is 1. The highest BCUT2D eigenvalue weighted by atomic mass is 16.7. The lowest BCUT2D eigenvalue weighted by Crippen LogP contribution is -2.11. The molecule has 2 aliphatic rings. The lowest BCUT2D eigenvalue weighted by Gasteiger charge is -2.07. The van der Waals surface area contributed by atoms with Gasteiger partial charge in [-0.25, -0.2) is 0 Å². The van der Waals surface area contributed by atoms with Crippen molar-refractivity contribution in [3.05, 3.63) is 30.1 Å². The van der Waals surface area contributed by atoms with Crippen LogP contribution in [0.2, 0.25) is 0 Å². The second kappa shape index (κ2) is 5.16. The van der Waals surface area contributed by atoms with Gasteiger partial charge in [0.2, 0.25) is 0 Å². The van der Waals surface area contributed by atoms with Gasteiger partial charge in [0.05, 0.1) is 13.2 Å². The van der Waals surface area contributed by atoms with Crippen molar-refractivity contribution in [3.63, 3.8) is 0 Å². The lowest BCUT2D eigenvalue weighted by molar-refractivity contribution is -0.122. The third-order valence-electron chi connectivity index (χ3n) is 3.63. The van der Waals surface area contributed by atoms with Crippen LogP contribution in [-0.2, 0) is 14.3 Å². The van der Waals surface area contributed by atoms with E-state index < -0.39 is 0 Å². The van der Waals surface area contributed by atoms with Crippen LogP contribution in [0.4, 0.5) is 0 Å². The van der Waals surface area contributed by atoms with Crippen molar-refractivity contribution in [2.24, 2.45) is 5.92 Å². The molecule has 2 heterocycles. The van der Waals surface area contributed by atoms with Crippen LogP contribution in [0, 0.1) is 5.92 Å². The fourth-order valence-corrected chi connectivity index (χ4v) is 2.53. The molecule has 4 nitrogen and oxygen atoms in total. The van der Waals surface area contributed by atoms with Gasteiger partial charge in [0, 0.05) is 31.2 Å². The van der Waals surface area contributed by atoms with Crippen molar-refractivity contribution in [1.29, 1.82) is 0 Å². The molecular formula is C14H17NO3. The molecule has 1 aliphatic carbocycles. The van der Waals surface area contributed by atoms with Crippen molar-refractivity contribution in [2.45, 2.75) is 31.5 Å². The van der Waals surface area contributed by atoms with E-state index in [2.05, 4.69) is 4.98 Å². The molecule has 0 amide bonds. The number of hydrogen-bond acceptors (Lipinski definition) is 4. The highest BCUT2D eigenvalue weighted by Gasteiger charge is 2.43. The summed E-state index contributed by atoms with van der Waals surface area (Å²) in [6.45, 7) is 1.31. The van der Waals surface area contributed by atoms with Gasteiger partial charge < -0.3 is 9.47 Å². The number of ketones is 1. The first kappa shape index (κ1) is 11.8. The van der Waals surface area contributed by atoms with Crippen molar-refractivity contribution >= 4 is 5.78 Å². The van der Waals surface area contributed by atoms with E-state index >= 15 is 0 Å². The predicted molar refractivity (Wildman–Crippen MR) is 65.0 cm³/mol. The van der Waals surface area contributed by atoms with E-state index in [-0.39, 0.29) is 12.2 Å². The molecule has 1 aromatic rings. The normalized spacial score (nSPS) is 27.3. The molecule has 0 radical (unpaired) electrons. The quantitative estimate of drug-likeness (QED) is 0.797. The highest BCUT2D eigenvalue weighted by Crippen LogP contribution is 2.48. The Morgan fingerprint density at radius 2 is 2.22 bits per heavy atom. The van der Waals surface area contributed by atoms with Crippen molar-refractivity contribution in [3.8, 4) is 0 Å². The molecule has 0 unspecified atom stereocenters. The number of pyridine rings is 1. The number of aromatic nitrogens is 1. The van der Waals surface area contributed by atoms with Crippen LogP contribution in [0.3, 0.4) is 0 Å². The Balaban J connectivity index is 1.47. The maximum atomic E-state index is 12.0. The van der Waals surface area contributed by atoms with E-state index in [1.54, 1.807) is 6.20 Å². The smallest absolute Gasteiger partial charge is 0.158 e. The number of carbonyl (C=O) groups is 1. The van der Waals surface area contributed by atoms with E-state index in [1.807, 2.05) is 18.3 Å². The van der Waals surface area contributed by atoms with Crippen LogP contribution in [0.15, 0.2) is 24.5 Å². The van der Waals surface area contributed by atoms with E-state index in [0.29, 0.717) is 37.8 Å². The standard InChI is InChI=1S/C14H17NO3/c16-13(3-4-14-17-6-7-18-14)12-8-11(12)10-2-1-5-15-9-10/h1-2,5,9,11-12,14H,3-4,6-8H2/t11-,12+/m0/s1. The SMILES string of the molecule is O=C(CCC1OCCO1)[C@@H]1C[C@H]1c1cccnc1. The number of carbonyl (C=O) groups excluding carboxylic acids is 1. The van der Waals surface area contributed by atoms with Crippen molar-refractivity contribution in [2.75, 3.05) is 13.2 Å². The van der Waals surface area contributed by atoms with E-state index in [9.17, 15) is 4.79 Å². The van der Waals surface area contributed by atoms with Gasteiger partial charge in [0.25, 0.3) is 0 Å². The Bertz CT molecular complexity index is 414. The third kappa shape index (κ3) is 2.60. The van der Waals surface area contributed by atoms with Gasteiger partial charge in [-0.1, -0.05) is 6.07 Å². The Labute approximate surface area is 106 Å². The van der Waals surface area contributed by atoms with Gasteiger partial charge >= 0.3 is 0 Å². The molecule has 18 heavy (non-hydrogen) atoms. The minimum absolute atomic E-state index is 0.162. The van der Waals surface area contributed by atoms with Gasteiger partial charge in [0.1, 0.15) is 5.78 Å². The molecule has 4 heteroatoms. The number of hydrogen-bond donors (Lipinski definition) is 0. The van der Waals surface area contributed by atoms with Gasteiger partial charge in [-0.2, -0.15) is 0 Å². The number of rotatable bonds is 5. The highest BCUT2D eigenvalue weighted by molar-refractivity contribution is 5.84. The van der Waals surface area contributed by atoms with Crippen LogP contribution in [0.5, 0.6) is 0 Å². The largest absolute Gasteiger partial charge is 0.350 e. The zero-order chi connectivity index (χ0) is 12.4. The summed E-state index contributed by atoms with van der Waals surface area (Å²) in [4.78, 5) is 16.1. The van der Waals surface area contributed by atoms with E-state index in [0.717, 1.165) is 6.42 Å². The monoisotopic (exact) mass is 247 g/mol. The lowest BCUT2D eigenvalue weighted by atomic mass is 10.1. The number of Topliss-reactive ketones (excluding diaryl/α,β-unsaturated/α-hetero) is 1. The van der Waals surface area contributed by atoms with Crippen LogP contribution in [0.25, 0.3) is 0 Å². The molecule has 2 atom stereocenters. The maximum Gasteiger partial charge on any atom is 0.158 e. The molecule has 0 bridgehead atoms. The molecule has 0 spiro atoms. The van der Waals surface area contributed by atoms with Gasteiger partial charge in [-0.05, 0) is 24.0 Å². The Hall–Kier alpha value is -1.26. The first-order valence-corrected chi connectivity index (χ1v) is 6.50. The molecule has 2 fully saturated rings. The molecule has 0 N–H and O–H groups in total. The molecule has 1 aliphatic heterocycles. The number of ether oxygens (including phenoxy) is 2. The molecule has 1 saturated heterocycles. The second-order valence-electron chi connectivity index (χ2n) is 4.91. The molecule has 3 rings (SSSR count). The minimum atomic E-state index is -0.162. The van der Waals surface area contributed by atoms with Crippen LogP contribution < -0.4 is 0 Å². The average Bonchev–Trinajstić information content (AvgIpc) is 3.05.